The number of carbonyl (C=O) groups excluding carboxylic acids is 1. The van der Waals surface area contributed by atoms with Crippen LogP contribution >= 0.6 is 0 Å². The van der Waals surface area contributed by atoms with Crippen molar-refractivity contribution in [2.45, 2.75) is 26.2 Å². The first-order valence-corrected chi connectivity index (χ1v) is 7.77. The summed E-state index contributed by atoms with van der Waals surface area (Å²) in [6.07, 6.45) is 4.08. The van der Waals surface area contributed by atoms with Gasteiger partial charge in [-0.1, -0.05) is 25.5 Å². The van der Waals surface area contributed by atoms with Gasteiger partial charge in [-0.25, -0.2) is 14.4 Å². The normalized spacial score (nSPS) is 10.3. The highest BCUT2D eigenvalue weighted by molar-refractivity contribution is 5.92. The van der Waals surface area contributed by atoms with Crippen LogP contribution in [0.5, 0.6) is 0 Å². The zero-order valence-electron chi connectivity index (χ0n) is 13.2. The number of benzene rings is 1. The van der Waals surface area contributed by atoms with Crippen molar-refractivity contribution in [1.82, 2.24) is 15.3 Å². The minimum absolute atomic E-state index is 0.192. The lowest BCUT2D eigenvalue weighted by atomic mass is 10.1. The third kappa shape index (κ3) is 5.65. The largest absolute Gasteiger partial charge is 0.370 e. The molecule has 2 N–H and O–H groups in total. The number of nitrogens with one attached hydrogen (secondary N) is 2. The summed E-state index contributed by atoms with van der Waals surface area (Å²) in [5.74, 6) is 0.168. The minimum Gasteiger partial charge on any atom is -0.370 e. The van der Waals surface area contributed by atoms with E-state index >= 15 is 0 Å². The average Bonchev–Trinajstić information content (AvgIpc) is 2.57. The van der Waals surface area contributed by atoms with Gasteiger partial charge in [-0.15, -0.1) is 0 Å². The molecule has 23 heavy (non-hydrogen) atoms. The van der Waals surface area contributed by atoms with Crippen LogP contribution in [-0.4, -0.2) is 29.0 Å². The van der Waals surface area contributed by atoms with Gasteiger partial charge in [0.2, 0.25) is 0 Å². The second kappa shape index (κ2) is 8.82. The summed E-state index contributed by atoms with van der Waals surface area (Å²) in [5, 5.41) is 5.97. The van der Waals surface area contributed by atoms with Crippen molar-refractivity contribution in [2.75, 3.05) is 18.4 Å². The Morgan fingerprint density at radius 3 is 2.70 bits per heavy atom. The fourth-order valence-corrected chi connectivity index (χ4v) is 2.03. The van der Waals surface area contributed by atoms with E-state index in [1.165, 1.54) is 18.5 Å². The molecule has 5 nitrogen and oxygen atoms in total. The quantitative estimate of drug-likeness (QED) is 0.735. The Morgan fingerprint density at radius 1 is 1.17 bits per heavy atom. The van der Waals surface area contributed by atoms with Gasteiger partial charge in [-0.05, 0) is 30.5 Å². The SMILES string of the molecule is CCCCNC(=O)c1cc(NCCc2ccc(F)cc2)ncn1. The molecule has 6 heteroatoms. The number of unbranched alkanes of at least 4 members (excludes halogenated alkanes) is 1. The molecule has 0 fully saturated rings. The predicted molar refractivity (Wildman–Crippen MR) is 87.9 cm³/mol. The molecular formula is C17H21FN4O. The van der Waals surface area contributed by atoms with Crippen molar-refractivity contribution in [3.8, 4) is 0 Å². The zero-order valence-corrected chi connectivity index (χ0v) is 13.2. The molecule has 2 aromatic rings. The molecule has 0 aliphatic rings. The van der Waals surface area contributed by atoms with Crippen molar-refractivity contribution >= 4 is 11.7 Å². The zero-order chi connectivity index (χ0) is 16.5. The van der Waals surface area contributed by atoms with E-state index in [2.05, 4.69) is 27.5 Å². The molecule has 0 bridgehead atoms. The number of aromatic nitrogens is 2. The second-order valence-corrected chi connectivity index (χ2v) is 5.20. The molecule has 0 atom stereocenters. The van der Waals surface area contributed by atoms with Crippen LogP contribution in [-0.2, 0) is 6.42 Å². The van der Waals surface area contributed by atoms with Gasteiger partial charge in [0.05, 0.1) is 0 Å². The Balaban J connectivity index is 1.84. The molecule has 0 saturated carbocycles. The van der Waals surface area contributed by atoms with Gasteiger partial charge < -0.3 is 10.6 Å². The van der Waals surface area contributed by atoms with E-state index in [1.54, 1.807) is 18.2 Å². The van der Waals surface area contributed by atoms with Gasteiger partial charge in [-0.3, -0.25) is 4.79 Å². The number of halogens is 1. The second-order valence-electron chi connectivity index (χ2n) is 5.20. The van der Waals surface area contributed by atoms with E-state index in [4.69, 9.17) is 0 Å². The van der Waals surface area contributed by atoms with Crippen LogP contribution in [0.25, 0.3) is 0 Å². The summed E-state index contributed by atoms with van der Waals surface area (Å²) < 4.78 is 12.8. The molecule has 0 unspecified atom stereocenters. The van der Waals surface area contributed by atoms with E-state index in [0.29, 0.717) is 24.6 Å². The average molecular weight is 316 g/mol. The van der Waals surface area contributed by atoms with Crippen molar-refractivity contribution < 1.29 is 9.18 Å². The van der Waals surface area contributed by atoms with Crippen LogP contribution < -0.4 is 10.6 Å². The van der Waals surface area contributed by atoms with Gasteiger partial charge in [-0.2, -0.15) is 0 Å². The first kappa shape index (κ1) is 16.9. The minimum atomic E-state index is -0.240. The summed E-state index contributed by atoms with van der Waals surface area (Å²) in [6.45, 7) is 3.35. The third-order valence-electron chi connectivity index (χ3n) is 3.35. The van der Waals surface area contributed by atoms with Gasteiger partial charge >= 0.3 is 0 Å². The maximum absolute atomic E-state index is 12.8. The summed E-state index contributed by atoms with van der Waals surface area (Å²) in [5.41, 5.74) is 1.38. The van der Waals surface area contributed by atoms with Gasteiger partial charge in [0.1, 0.15) is 23.7 Å². The Labute approximate surface area is 135 Å². The third-order valence-corrected chi connectivity index (χ3v) is 3.35. The maximum atomic E-state index is 12.8. The van der Waals surface area contributed by atoms with Gasteiger partial charge in [0, 0.05) is 19.2 Å². The highest BCUT2D eigenvalue weighted by atomic mass is 19.1. The Bertz CT molecular complexity index is 631. The van der Waals surface area contributed by atoms with Crippen LogP contribution in [0.2, 0.25) is 0 Å². The molecule has 0 radical (unpaired) electrons. The topological polar surface area (TPSA) is 66.9 Å². The summed E-state index contributed by atoms with van der Waals surface area (Å²) in [6, 6.07) is 8.02. The Hall–Kier alpha value is -2.50. The van der Waals surface area contributed by atoms with E-state index in [9.17, 15) is 9.18 Å². The van der Waals surface area contributed by atoms with E-state index in [0.717, 1.165) is 24.8 Å². The highest BCUT2D eigenvalue weighted by Crippen LogP contribution is 2.06. The van der Waals surface area contributed by atoms with Crippen LogP contribution in [0.1, 0.15) is 35.8 Å². The summed E-state index contributed by atoms with van der Waals surface area (Å²) in [7, 11) is 0. The lowest BCUT2D eigenvalue weighted by Gasteiger charge is -2.07. The molecule has 2 rings (SSSR count). The van der Waals surface area contributed by atoms with Crippen LogP contribution in [0.15, 0.2) is 36.7 Å². The molecule has 0 spiro atoms. The monoisotopic (exact) mass is 316 g/mol. The fraction of sp³-hybridized carbons (Fsp3) is 0.353. The molecule has 0 aliphatic heterocycles. The molecular weight excluding hydrogens is 295 g/mol. The molecule has 1 aromatic heterocycles. The van der Waals surface area contributed by atoms with Gasteiger partial charge in [0.15, 0.2) is 0 Å². The van der Waals surface area contributed by atoms with Crippen LogP contribution in [0.3, 0.4) is 0 Å². The predicted octanol–water partition coefficient (Wildman–Crippen LogP) is 2.80. The molecule has 0 aliphatic carbocycles. The number of amides is 1. The lowest BCUT2D eigenvalue weighted by Crippen LogP contribution is -2.25. The fourth-order valence-electron chi connectivity index (χ4n) is 2.03. The van der Waals surface area contributed by atoms with Crippen LogP contribution in [0, 0.1) is 5.82 Å². The van der Waals surface area contributed by atoms with Crippen molar-refractivity contribution in [2.24, 2.45) is 0 Å². The van der Waals surface area contributed by atoms with Gasteiger partial charge in [0.25, 0.3) is 5.91 Å². The van der Waals surface area contributed by atoms with E-state index in [1.807, 2.05) is 0 Å². The first-order valence-electron chi connectivity index (χ1n) is 7.77. The van der Waals surface area contributed by atoms with E-state index in [-0.39, 0.29) is 11.7 Å². The number of nitrogens with zero attached hydrogens (tertiary/aromatic N) is 2. The molecule has 122 valence electrons. The number of rotatable bonds is 8. The number of carbonyl (C=O) groups is 1. The first-order chi connectivity index (χ1) is 11.2. The van der Waals surface area contributed by atoms with E-state index < -0.39 is 0 Å². The molecule has 1 amide bonds. The Kier molecular flexibility index (Phi) is 6.47. The Morgan fingerprint density at radius 2 is 1.96 bits per heavy atom. The lowest BCUT2D eigenvalue weighted by molar-refractivity contribution is 0.0948. The van der Waals surface area contributed by atoms with Crippen molar-refractivity contribution in [3.63, 3.8) is 0 Å². The van der Waals surface area contributed by atoms with Crippen LogP contribution in [0.4, 0.5) is 10.2 Å². The molecule has 1 heterocycles. The number of anilines is 1. The molecule has 0 saturated heterocycles. The summed E-state index contributed by atoms with van der Waals surface area (Å²) in [4.78, 5) is 20.0. The number of hydrogen-bond donors (Lipinski definition) is 2. The number of hydrogen-bond acceptors (Lipinski definition) is 4. The maximum Gasteiger partial charge on any atom is 0.270 e. The highest BCUT2D eigenvalue weighted by Gasteiger charge is 2.07. The summed E-state index contributed by atoms with van der Waals surface area (Å²) >= 11 is 0. The van der Waals surface area contributed by atoms with Crippen molar-refractivity contribution in [3.05, 3.63) is 53.7 Å². The van der Waals surface area contributed by atoms with Crippen molar-refractivity contribution in [1.29, 1.82) is 0 Å². The smallest absolute Gasteiger partial charge is 0.270 e. The standard InChI is InChI=1S/C17H21FN4O/c1-2-3-9-20-17(23)15-11-16(22-12-21-15)19-10-8-13-4-6-14(18)7-5-13/h4-7,11-12H,2-3,8-10H2,1H3,(H,20,23)(H,19,21,22). The molecule has 1 aromatic carbocycles.